The first-order chi connectivity index (χ1) is 7.53. The summed E-state index contributed by atoms with van der Waals surface area (Å²) in [6.45, 7) is 1.77. The van der Waals surface area contributed by atoms with E-state index in [0.717, 1.165) is 25.7 Å². The third-order valence-electron chi connectivity index (χ3n) is 3.60. The minimum absolute atomic E-state index is 0.208. The van der Waals surface area contributed by atoms with Crippen molar-refractivity contribution in [2.75, 3.05) is 0 Å². The average molecular weight is 221 g/mol. The fraction of sp³-hybridized carbons (Fsp3) is 0.538. The second-order valence-electron chi connectivity index (χ2n) is 4.87. The van der Waals surface area contributed by atoms with Crippen LogP contribution in [0.3, 0.4) is 0 Å². The van der Waals surface area contributed by atoms with Crippen LogP contribution in [0.1, 0.15) is 43.2 Å². The number of aromatic hydroxyl groups is 2. The molecule has 0 spiro atoms. The highest BCUT2D eigenvalue weighted by atomic mass is 16.3. The topological polar surface area (TPSA) is 66.5 Å². The number of rotatable bonds is 1. The molecule has 1 saturated carbocycles. The third-order valence-corrected chi connectivity index (χ3v) is 3.60. The number of benzene rings is 1. The van der Waals surface area contributed by atoms with Gasteiger partial charge >= 0.3 is 0 Å². The van der Waals surface area contributed by atoms with E-state index in [0.29, 0.717) is 11.1 Å². The van der Waals surface area contributed by atoms with E-state index >= 15 is 0 Å². The first-order valence-corrected chi connectivity index (χ1v) is 5.85. The maximum Gasteiger partial charge on any atom is 0.121 e. The van der Waals surface area contributed by atoms with Gasteiger partial charge < -0.3 is 15.9 Å². The second-order valence-corrected chi connectivity index (χ2v) is 4.87. The van der Waals surface area contributed by atoms with E-state index in [1.165, 1.54) is 6.42 Å². The summed E-state index contributed by atoms with van der Waals surface area (Å²) in [5, 5.41) is 19.6. The Hall–Kier alpha value is -1.22. The van der Waals surface area contributed by atoms with Gasteiger partial charge in [-0.15, -0.1) is 0 Å². The molecule has 0 atom stereocenters. The average Bonchev–Trinajstić information content (AvgIpc) is 2.24. The Morgan fingerprint density at radius 3 is 2.31 bits per heavy atom. The molecule has 88 valence electrons. The van der Waals surface area contributed by atoms with E-state index in [1.54, 1.807) is 19.1 Å². The molecule has 0 heterocycles. The Morgan fingerprint density at radius 1 is 1.06 bits per heavy atom. The van der Waals surface area contributed by atoms with E-state index in [1.807, 2.05) is 0 Å². The fourth-order valence-electron chi connectivity index (χ4n) is 2.53. The van der Waals surface area contributed by atoms with Crippen molar-refractivity contribution >= 4 is 0 Å². The monoisotopic (exact) mass is 221 g/mol. The van der Waals surface area contributed by atoms with E-state index in [4.69, 9.17) is 5.73 Å². The van der Waals surface area contributed by atoms with Gasteiger partial charge in [0.15, 0.2) is 0 Å². The molecule has 0 aliphatic heterocycles. The first-order valence-electron chi connectivity index (χ1n) is 5.85. The molecule has 0 radical (unpaired) electrons. The molecule has 0 amide bonds. The highest BCUT2D eigenvalue weighted by Gasteiger charge is 2.32. The van der Waals surface area contributed by atoms with Crippen LogP contribution in [0.5, 0.6) is 11.5 Å². The SMILES string of the molecule is Cc1cc(O)c(C2(N)CCCCC2)cc1O. The Labute approximate surface area is 95.9 Å². The summed E-state index contributed by atoms with van der Waals surface area (Å²) in [4.78, 5) is 0. The summed E-state index contributed by atoms with van der Waals surface area (Å²) in [6, 6.07) is 3.21. The van der Waals surface area contributed by atoms with Crippen molar-refractivity contribution in [2.24, 2.45) is 5.73 Å². The molecule has 1 aromatic rings. The Bertz CT molecular complexity index is 395. The summed E-state index contributed by atoms with van der Waals surface area (Å²) in [5.74, 6) is 0.419. The second kappa shape index (κ2) is 3.98. The van der Waals surface area contributed by atoms with Gasteiger partial charge in [0.05, 0.1) is 0 Å². The van der Waals surface area contributed by atoms with Crippen molar-refractivity contribution in [3.05, 3.63) is 23.3 Å². The fourth-order valence-corrected chi connectivity index (χ4v) is 2.53. The highest BCUT2D eigenvalue weighted by Crippen LogP contribution is 2.41. The molecule has 0 aromatic heterocycles. The van der Waals surface area contributed by atoms with E-state index < -0.39 is 5.54 Å². The molecule has 2 rings (SSSR count). The number of aryl methyl sites for hydroxylation is 1. The number of nitrogens with two attached hydrogens (primary N) is 1. The minimum Gasteiger partial charge on any atom is -0.508 e. The zero-order chi connectivity index (χ0) is 11.8. The van der Waals surface area contributed by atoms with Crippen LogP contribution in [0.2, 0.25) is 0 Å². The van der Waals surface area contributed by atoms with Crippen LogP contribution in [0.15, 0.2) is 12.1 Å². The van der Waals surface area contributed by atoms with Crippen molar-refractivity contribution in [2.45, 2.75) is 44.6 Å². The van der Waals surface area contributed by atoms with Crippen molar-refractivity contribution in [3.63, 3.8) is 0 Å². The predicted octanol–water partition coefficient (Wildman–Crippen LogP) is 2.52. The number of phenols is 2. The summed E-state index contributed by atoms with van der Waals surface area (Å²) in [7, 11) is 0. The van der Waals surface area contributed by atoms with Gasteiger partial charge in [-0.1, -0.05) is 19.3 Å². The van der Waals surface area contributed by atoms with Crippen molar-refractivity contribution in [3.8, 4) is 11.5 Å². The lowest BCUT2D eigenvalue weighted by atomic mass is 9.77. The third kappa shape index (κ3) is 1.87. The maximum atomic E-state index is 9.94. The zero-order valence-corrected chi connectivity index (χ0v) is 9.66. The van der Waals surface area contributed by atoms with Gasteiger partial charge in [-0.3, -0.25) is 0 Å². The summed E-state index contributed by atoms with van der Waals surface area (Å²) in [5.41, 5.74) is 7.24. The largest absolute Gasteiger partial charge is 0.508 e. The first kappa shape index (κ1) is 11.3. The molecule has 0 saturated heterocycles. The van der Waals surface area contributed by atoms with Crippen molar-refractivity contribution in [1.29, 1.82) is 0 Å². The Balaban J connectivity index is 2.42. The molecular formula is C13H19NO2. The van der Waals surface area contributed by atoms with Crippen LogP contribution >= 0.6 is 0 Å². The van der Waals surface area contributed by atoms with Crippen LogP contribution < -0.4 is 5.73 Å². The van der Waals surface area contributed by atoms with Gasteiger partial charge in [-0.2, -0.15) is 0 Å². The minimum atomic E-state index is -0.465. The van der Waals surface area contributed by atoms with Gasteiger partial charge in [0.2, 0.25) is 0 Å². The van der Waals surface area contributed by atoms with E-state index in [9.17, 15) is 10.2 Å². The highest BCUT2D eigenvalue weighted by molar-refractivity contribution is 5.47. The van der Waals surface area contributed by atoms with Gasteiger partial charge in [-0.05, 0) is 37.5 Å². The molecule has 0 unspecified atom stereocenters. The number of phenolic OH excluding ortho intramolecular Hbond substituents is 2. The van der Waals surface area contributed by atoms with E-state index in [-0.39, 0.29) is 11.5 Å². The molecule has 1 aliphatic carbocycles. The molecule has 0 bridgehead atoms. The Morgan fingerprint density at radius 2 is 1.69 bits per heavy atom. The lowest BCUT2D eigenvalue weighted by Gasteiger charge is -2.34. The standard InChI is InChI=1S/C13H19NO2/c1-9-7-12(16)10(8-11(9)15)13(14)5-3-2-4-6-13/h7-8,15-16H,2-6,14H2,1H3. The van der Waals surface area contributed by atoms with Crippen molar-refractivity contribution in [1.82, 2.24) is 0 Å². The van der Waals surface area contributed by atoms with E-state index in [2.05, 4.69) is 0 Å². The van der Waals surface area contributed by atoms with Crippen LogP contribution in [0.25, 0.3) is 0 Å². The van der Waals surface area contributed by atoms with Gasteiger partial charge in [0.1, 0.15) is 11.5 Å². The molecule has 1 aliphatic rings. The number of hydrogen-bond acceptors (Lipinski definition) is 3. The van der Waals surface area contributed by atoms with Crippen molar-refractivity contribution < 1.29 is 10.2 Å². The van der Waals surface area contributed by atoms with Gasteiger partial charge in [-0.25, -0.2) is 0 Å². The normalized spacial score (nSPS) is 19.6. The Kier molecular flexibility index (Phi) is 2.80. The molecule has 16 heavy (non-hydrogen) atoms. The summed E-state index contributed by atoms with van der Waals surface area (Å²) >= 11 is 0. The molecule has 3 heteroatoms. The lowest BCUT2D eigenvalue weighted by molar-refractivity contribution is 0.290. The lowest BCUT2D eigenvalue weighted by Crippen LogP contribution is -2.38. The molecule has 3 nitrogen and oxygen atoms in total. The molecular weight excluding hydrogens is 202 g/mol. The maximum absolute atomic E-state index is 9.94. The van der Waals surface area contributed by atoms with Crippen LogP contribution in [-0.2, 0) is 5.54 Å². The van der Waals surface area contributed by atoms with Gasteiger partial charge in [0, 0.05) is 11.1 Å². The molecule has 1 fully saturated rings. The smallest absolute Gasteiger partial charge is 0.121 e. The van der Waals surface area contributed by atoms with Gasteiger partial charge in [0.25, 0.3) is 0 Å². The van der Waals surface area contributed by atoms with Crippen LogP contribution in [0, 0.1) is 6.92 Å². The molecule has 1 aromatic carbocycles. The zero-order valence-electron chi connectivity index (χ0n) is 9.66. The van der Waals surface area contributed by atoms with Crippen LogP contribution in [0.4, 0.5) is 0 Å². The van der Waals surface area contributed by atoms with Crippen LogP contribution in [-0.4, -0.2) is 10.2 Å². The number of hydrogen-bond donors (Lipinski definition) is 3. The predicted molar refractivity (Wildman–Crippen MR) is 63.5 cm³/mol. The summed E-state index contributed by atoms with van der Waals surface area (Å²) in [6.07, 6.45) is 5.14. The molecule has 4 N–H and O–H groups in total. The quantitative estimate of drug-likeness (QED) is 0.638. The summed E-state index contributed by atoms with van der Waals surface area (Å²) < 4.78 is 0.